The number of fused-ring (bicyclic) bond motifs is 18. The maximum absolute atomic E-state index is 6.16. The van der Waals surface area contributed by atoms with Gasteiger partial charge < -0.3 is 19.9 Å². The molecule has 0 spiro atoms. The summed E-state index contributed by atoms with van der Waals surface area (Å²) in [5, 5.41) is 3.50. The third-order valence-corrected chi connectivity index (χ3v) is 23.3. The van der Waals surface area contributed by atoms with E-state index in [4.69, 9.17) is 39.9 Å². The number of halogens is 2. The summed E-state index contributed by atoms with van der Waals surface area (Å²) in [5.74, 6) is 0. The second-order valence-corrected chi connectivity index (χ2v) is 39.8. The molecule has 10 heterocycles. The number of nitrogens with zero attached hydrogens (tertiary/aromatic N) is 8. The van der Waals surface area contributed by atoms with Crippen LogP contribution in [0.25, 0.3) is 158 Å². The summed E-state index contributed by atoms with van der Waals surface area (Å²) in [5.41, 5.74) is 28.5. The average molecular weight is 1640 g/mol. The molecule has 0 unspecified atom stereocenters. The van der Waals surface area contributed by atoms with E-state index in [2.05, 4.69) is 356 Å². The van der Waals surface area contributed by atoms with Crippen molar-refractivity contribution in [1.29, 1.82) is 0 Å². The zero-order valence-electron chi connectivity index (χ0n) is 67.0. The van der Waals surface area contributed by atoms with Crippen molar-refractivity contribution < 1.29 is 33.0 Å². The minimum absolute atomic E-state index is 0. The van der Waals surface area contributed by atoms with Crippen LogP contribution >= 0.6 is 31.9 Å². The molecule has 0 atom stereocenters. The molecule has 0 fully saturated rings. The Balaban J connectivity index is 0.00000514. The van der Waals surface area contributed by atoms with E-state index in [1.165, 1.54) is 44.5 Å². The number of aromatic nitrogens is 8. The molecule has 1 radical (unpaired) electrons. The molecule has 108 heavy (non-hydrogen) atoms. The molecule has 12 aromatic rings. The Morgan fingerprint density at radius 3 is 0.889 bits per heavy atom. The van der Waals surface area contributed by atoms with Gasteiger partial charge in [0, 0.05) is 14.3 Å². The standard InChI is InChI=1S/C96H98Br2N8.2Ni/c1-89(2,3)55-37-51(38-56(45-55)90(4,5)6)79-65-25-27-71(99-65)83-84-72-28-26-66(100-72)80(52-39-57(91(7,8)9)46-58(40-52)92(10,11)12)68-30-34-74(102-68)86(98)76-36-32-70(104-76)82(54-43-61(95(19,20)21)48-62(44-54)96(22,23)24)78-50-64(88(84)106-78)63-49-77(105-87(63)83)81(53-41-59(93(13,14)15)47-60(42-53)94(16,17)18)69-31-35-75(103-69)85(97)73-33-29-67(79)101-73;;/h25-50H,1-24H3;;/q-4;+2;+3. The Morgan fingerprint density at radius 1 is 0.259 bits per heavy atom. The first-order valence-corrected chi connectivity index (χ1v) is 39.1. The summed E-state index contributed by atoms with van der Waals surface area (Å²) in [6.07, 6.45) is 12.9. The molecule has 0 N–H and O–H groups in total. The minimum Gasteiger partial charge on any atom is -0.657 e. The third-order valence-electron chi connectivity index (χ3n) is 21.7. The van der Waals surface area contributed by atoms with Crippen LogP contribution in [0, 0.1) is 0 Å². The molecule has 0 amide bonds. The maximum Gasteiger partial charge on any atom is 3.00 e. The van der Waals surface area contributed by atoms with Gasteiger partial charge in [-0.25, -0.2) is 19.9 Å². The van der Waals surface area contributed by atoms with E-state index in [-0.39, 0.29) is 76.3 Å². The van der Waals surface area contributed by atoms with Crippen molar-refractivity contribution in [1.82, 2.24) is 39.9 Å². The van der Waals surface area contributed by atoms with Gasteiger partial charge in [-0.2, -0.15) is 0 Å². The van der Waals surface area contributed by atoms with Crippen LogP contribution in [0.2, 0.25) is 0 Å². The van der Waals surface area contributed by atoms with Gasteiger partial charge in [0.1, 0.15) is 0 Å². The summed E-state index contributed by atoms with van der Waals surface area (Å²) < 4.78 is 1.58. The van der Waals surface area contributed by atoms with Crippen LogP contribution < -0.4 is 19.9 Å². The molecule has 16 bridgehead atoms. The fourth-order valence-electron chi connectivity index (χ4n) is 14.9. The number of hydrogen-bond acceptors (Lipinski definition) is 4. The van der Waals surface area contributed by atoms with Crippen LogP contribution in [0.4, 0.5) is 0 Å². The van der Waals surface area contributed by atoms with Crippen molar-refractivity contribution in [3.05, 3.63) is 209 Å². The smallest absolute Gasteiger partial charge is 0.657 e. The normalized spacial score (nSPS) is 13.6. The van der Waals surface area contributed by atoms with Gasteiger partial charge in [0.15, 0.2) is 0 Å². The van der Waals surface area contributed by atoms with Crippen LogP contribution in [0.15, 0.2) is 130 Å². The fraction of sp³-hybridized carbons (Fsp3) is 0.333. The Morgan fingerprint density at radius 2 is 0.537 bits per heavy atom. The van der Waals surface area contributed by atoms with Gasteiger partial charge in [-0.05, 0) is 223 Å². The Labute approximate surface area is 675 Å². The molecule has 8 nitrogen and oxygen atoms in total. The Kier molecular flexibility index (Phi) is 19.5. The maximum atomic E-state index is 6.16. The van der Waals surface area contributed by atoms with Crippen LogP contribution in [0.1, 0.15) is 245 Å². The Bertz CT molecular complexity index is 5990. The summed E-state index contributed by atoms with van der Waals surface area (Å²) >= 11 is 8.26. The molecule has 555 valence electrons. The monoisotopic (exact) mass is 1640 g/mol. The SMILES string of the molecule is CC(C)(C)c1cc(-c2c3nc(c4c5[n-]c(cc5c5cc6nc5c4c4ccc([n-]4)c(-c4cc(C(C)(C)C)cc(C(C)(C)C)c4)c4nc(c(Br)c5ccc([n-]5)c6-c5cc(C(C)(C)C)cc(C(C)(C)C)c5)C=C4)c(-c4cc(C(C)(C)C)cc(C(C)(C)C)c4)c4nc(c(Br)c5ccc2[n-]5)C=C4)C=C3)cc(C(C)(C)C)c1.[Ni+2].[Ni+3]. The molecule has 15 rings (SSSR count). The molecule has 7 aromatic heterocycles. The zero-order chi connectivity index (χ0) is 76.0. The van der Waals surface area contributed by atoms with Gasteiger partial charge in [-0.1, -0.05) is 281 Å². The van der Waals surface area contributed by atoms with Gasteiger partial charge in [0.2, 0.25) is 0 Å². The average Bonchev–Trinajstić information content (AvgIpc) is 1.55. The first-order valence-electron chi connectivity index (χ1n) is 37.5. The molecule has 3 aliphatic heterocycles. The zero-order valence-corrected chi connectivity index (χ0v) is 72.1. The Hall–Kier alpha value is -7.97. The van der Waals surface area contributed by atoms with Crippen molar-refractivity contribution in [3.63, 3.8) is 0 Å². The molecule has 0 saturated carbocycles. The predicted molar refractivity (Wildman–Crippen MR) is 460 cm³/mol. The first-order chi connectivity index (χ1) is 49.3. The van der Waals surface area contributed by atoms with Gasteiger partial charge in [-0.15, -0.1) is 44.1 Å². The quantitative estimate of drug-likeness (QED) is 0.160. The first kappa shape index (κ1) is 78.2. The minimum atomic E-state index is -0.195. The van der Waals surface area contributed by atoms with E-state index in [9.17, 15) is 0 Å². The van der Waals surface area contributed by atoms with Gasteiger partial charge in [0.25, 0.3) is 0 Å². The van der Waals surface area contributed by atoms with Crippen molar-refractivity contribution in [2.24, 2.45) is 0 Å². The molecule has 12 heteroatoms. The second-order valence-electron chi connectivity index (χ2n) is 38.2. The van der Waals surface area contributed by atoms with E-state index in [1.54, 1.807) is 0 Å². The molecular weight excluding hydrogens is 1540 g/mol. The van der Waals surface area contributed by atoms with Crippen LogP contribution in [0.5, 0.6) is 0 Å². The van der Waals surface area contributed by atoms with Gasteiger partial charge >= 0.3 is 33.0 Å². The van der Waals surface area contributed by atoms with E-state index in [1.807, 2.05) is 0 Å². The van der Waals surface area contributed by atoms with Crippen LogP contribution in [-0.4, -0.2) is 19.9 Å². The summed E-state index contributed by atoms with van der Waals surface area (Å²) in [7, 11) is 0. The van der Waals surface area contributed by atoms with E-state index in [0.29, 0.717) is 0 Å². The molecule has 0 saturated heterocycles. The molecule has 3 aliphatic rings. The molecule has 5 aromatic carbocycles. The van der Waals surface area contributed by atoms with E-state index >= 15 is 0 Å². The van der Waals surface area contributed by atoms with Crippen molar-refractivity contribution in [2.45, 2.75) is 209 Å². The summed E-state index contributed by atoms with van der Waals surface area (Å²) in [6, 6.07) is 46.0. The third kappa shape index (κ3) is 14.3. The van der Waals surface area contributed by atoms with Crippen LogP contribution in [-0.2, 0) is 76.3 Å². The second kappa shape index (κ2) is 26.9. The van der Waals surface area contributed by atoms with Gasteiger partial charge in [0.05, 0.1) is 45.2 Å². The summed E-state index contributed by atoms with van der Waals surface area (Å²) in [6.45, 7) is 55.2. The van der Waals surface area contributed by atoms with Crippen molar-refractivity contribution in [2.75, 3.05) is 0 Å². The largest absolute Gasteiger partial charge is 3.00 e. The number of benzene rings is 5. The topological polar surface area (TPSA) is 108 Å². The fourth-order valence-corrected chi connectivity index (χ4v) is 15.8. The van der Waals surface area contributed by atoms with E-state index < -0.39 is 0 Å². The molecular formula is C96H98Br2N8Ni2+. The molecule has 0 aliphatic carbocycles. The predicted octanol–water partition coefficient (Wildman–Crippen LogP) is 26.6. The number of rotatable bonds is 4. The van der Waals surface area contributed by atoms with Gasteiger partial charge in [-0.3, -0.25) is 0 Å². The number of hydrogen-bond donors (Lipinski definition) is 0. The summed E-state index contributed by atoms with van der Waals surface area (Å²) in [4.78, 5) is 46.9. The van der Waals surface area contributed by atoms with Crippen molar-refractivity contribution >= 4 is 145 Å². The van der Waals surface area contributed by atoms with Crippen molar-refractivity contribution in [3.8, 4) is 44.5 Å². The van der Waals surface area contributed by atoms with E-state index in [0.717, 1.165) is 164 Å². The van der Waals surface area contributed by atoms with Crippen LogP contribution in [0.3, 0.4) is 0 Å².